The Morgan fingerprint density at radius 1 is 1.12 bits per heavy atom. The third-order valence-electron chi connectivity index (χ3n) is 2.71. The van der Waals surface area contributed by atoms with E-state index in [-0.39, 0.29) is 11.8 Å². The van der Waals surface area contributed by atoms with Crippen molar-refractivity contribution in [3.8, 4) is 16.9 Å². The summed E-state index contributed by atoms with van der Waals surface area (Å²) < 4.78 is 0.956. The van der Waals surface area contributed by atoms with Crippen LogP contribution < -0.4 is 5.73 Å². The zero-order chi connectivity index (χ0) is 12.4. The molecule has 0 radical (unpaired) electrons. The van der Waals surface area contributed by atoms with Gasteiger partial charge in [0.25, 0.3) is 0 Å². The van der Waals surface area contributed by atoms with E-state index in [4.69, 9.17) is 5.73 Å². The zero-order valence-electron chi connectivity index (χ0n) is 9.52. The second-order valence-electron chi connectivity index (χ2n) is 4.05. The first kappa shape index (κ1) is 12.1. The van der Waals surface area contributed by atoms with Gasteiger partial charge in [-0.1, -0.05) is 40.2 Å². The Bertz CT molecular complexity index is 537. The molecule has 0 fully saturated rings. The molecule has 88 valence electrons. The SMILES string of the molecule is CC(N)c1ccc(O)c(-c2ccccc2Br)c1. The van der Waals surface area contributed by atoms with Gasteiger partial charge in [-0.25, -0.2) is 0 Å². The standard InChI is InChI=1S/C14H14BrNO/c1-9(16)10-6-7-14(17)12(8-10)11-4-2-3-5-13(11)15/h2-9,17H,16H2,1H3. The normalized spacial score (nSPS) is 12.4. The van der Waals surface area contributed by atoms with Crippen LogP contribution in [-0.4, -0.2) is 5.11 Å². The fraction of sp³-hybridized carbons (Fsp3) is 0.143. The van der Waals surface area contributed by atoms with Gasteiger partial charge >= 0.3 is 0 Å². The molecule has 2 rings (SSSR count). The molecular formula is C14H14BrNO. The molecular weight excluding hydrogens is 278 g/mol. The summed E-state index contributed by atoms with van der Waals surface area (Å²) in [5.74, 6) is 0.265. The van der Waals surface area contributed by atoms with Crippen LogP contribution in [0.2, 0.25) is 0 Å². The molecule has 0 spiro atoms. The second-order valence-corrected chi connectivity index (χ2v) is 4.90. The Hall–Kier alpha value is -1.32. The van der Waals surface area contributed by atoms with Crippen LogP contribution in [0.15, 0.2) is 46.9 Å². The third kappa shape index (κ3) is 2.51. The lowest BCUT2D eigenvalue weighted by Gasteiger charge is -2.11. The molecule has 1 unspecified atom stereocenters. The maximum atomic E-state index is 9.93. The molecule has 2 aromatic rings. The molecule has 0 aliphatic heterocycles. The Labute approximate surface area is 109 Å². The van der Waals surface area contributed by atoms with E-state index in [1.165, 1.54) is 0 Å². The molecule has 17 heavy (non-hydrogen) atoms. The summed E-state index contributed by atoms with van der Waals surface area (Å²) in [5.41, 5.74) is 8.63. The third-order valence-corrected chi connectivity index (χ3v) is 3.40. The van der Waals surface area contributed by atoms with E-state index in [9.17, 15) is 5.11 Å². The maximum Gasteiger partial charge on any atom is 0.123 e. The Morgan fingerprint density at radius 3 is 2.47 bits per heavy atom. The number of hydrogen-bond donors (Lipinski definition) is 2. The molecule has 3 heteroatoms. The van der Waals surface area contributed by atoms with Crippen molar-refractivity contribution in [2.45, 2.75) is 13.0 Å². The van der Waals surface area contributed by atoms with E-state index in [1.807, 2.05) is 43.3 Å². The van der Waals surface area contributed by atoms with Crippen molar-refractivity contribution in [2.75, 3.05) is 0 Å². The van der Waals surface area contributed by atoms with E-state index in [2.05, 4.69) is 15.9 Å². The minimum atomic E-state index is -0.0446. The number of nitrogens with two attached hydrogens (primary N) is 1. The van der Waals surface area contributed by atoms with Crippen molar-refractivity contribution < 1.29 is 5.11 Å². The summed E-state index contributed by atoms with van der Waals surface area (Å²) in [5, 5.41) is 9.93. The number of benzene rings is 2. The van der Waals surface area contributed by atoms with Gasteiger partial charge in [0.15, 0.2) is 0 Å². The lowest BCUT2D eigenvalue weighted by atomic mass is 9.99. The predicted molar refractivity (Wildman–Crippen MR) is 73.8 cm³/mol. The van der Waals surface area contributed by atoms with E-state index in [1.54, 1.807) is 6.07 Å². The van der Waals surface area contributed by atoms with Gasteiger partial charge in [0, 0.05) is 16.1 Å². The maximum absolute atomic E-state index is 9.93. The highest BCUT2D eigenvalue weighted by atomic mass is 79.9. The molecule has 0 saturated heterocycles. The highest BCUT2D eigenvalue weighted by Crippen LogP contribution is 2.35. The van der Waals surface area contributed by atoms with E-state index >= 15 is 0 Å². The first-order valence-corrected chi connectivity index (χ1v) is 6.22. The van der Waals surface area contributed by atoms with Crippen LogP contribution in [0.4, 0.5) is 0 Å². The molecule has 0 aliphatic rings. The Kier molecular flexibility index (Phi) is 3.50. The van der Waals surface area contributed by atoms with Crippen molar-refractivity contribution in [3.05, 3.63) is 52.5 Å². The number of rotatable bonds is 2. The summed E-state index contributed by atoms with van der Waals surface area (Å²) in [4.78, 5) is 0. The first-order chi connectivity index (χ1) is 8.09. The number of phenolic OH excluding ortho intramolecular Hbond substituents is 1. The van der Waals surface area contributed by atoms with Crippen LogP contribution in [-0.2, 0) is 0 Å². The molecule has 0 saturated carbocycles. The summed E-state index contributed by atoms with van der Waals surface area (Å²) in [6.07, 6.45) is 0. The van der Waals surface area contributed by atoms with Gasteiger partial charge in [-0.05, 0) is 36.2 Å². The van der Waals surface area contributed by atoms with Gasteiger partial charge < -0.3 is 10.8 Å². The summed E-state index contributed by atoms with van der Waals surface area (Å²) in [6, 6.07) is 13.2. The average Bonchev–Trinajstić information content (AvgIpc) is 2.30. The highest BCUT2D eigenvalue weighted by molar-refractivity contribution is 9.10. The van der Waals surface area contributed by atoms with Gasteiger partial charge in [-0.15, -0.1) is 0 Å². The smallest absolute Gasteiger partial charge is 0.123 e. The van der Waals surface area contributed by atoms with Gasteiger partial charge in [0.2, 0.25) is 0 Å². The van der Waals surface area contributed by atoms with Crippen LogP contribution in [0.3, 0.4) is 0 Å². The first-order valence-electron chi connectivity index (χ1n) is 5.43. The van der Waals surface area contributed by atoms with Crippen molar-refractivity contribution in [1.82, 2.24) is 0 Å². The zero-order valence-corrected chi connectivity index (χ0v) is 11.1. The summed E-state index contributed by atoms with van der Waals surface area (Å²) in [7, 11) is 0. The quantitative estimate of drug-likeness (QED) is 0.883. The number of hydrogen-bond acceptors (Lipinski definition) is 2. The molecule has 0 aliphatic carbocycles. The van der Waals surface area contributed by atoms with E-state index in [0.717, 1.165) is 21.2 Å². The van der Waals surface area contributed by atoms with E-state index in [0.29, 0.717) is 0 Å². The molecule has 3 N–H and O–H groups in total. The van der Waals surface area contributed by atoms with Gasteiger partial charge in [0.05, 0.1) is 0 Å². The van der Waals surface area contributed by atoms with Gasteiger partial charge in [0.1, 0.15) is 5.75 Å². The number of aromatic hydroxyl groups is 1. The van der Waals surface area contributed by atoms with Crippen LogP contribution in [0.5, 0.6) is 5.75 Å². The van der Waals surface area contributed by atoms with Crippen LogP contribution >= 0.6 is 15.9 Å². The van der Waals surface area contributed by atoms with Gasteiger partial charge in [-0.2, -0.15) is 0 Å². The van der Waals surface area contributed by atoms with Crippen LogP contribution in [0, 0.1) is 0 Å². The monoisotopic (exact) mass is 291 g/mol. The fourth-order valence-corrected chi connectivity index (χ4v) is 2.23. The fourth-order valence-electron chi connectivity index (χ4n) is 1.73. The highest BCUT2D eigenvalue weighted by Gasteiger charge is 2.09. The lowest BCUT2D eigenvalue weighted by Crippen LogP contribution is -2.04. The molecule has 0 bridgehead atoms. The lowest BCUT2D eigenvalue weighted by molar-refractivity contribution is 0.477. The largest absolute Gasteiger partial charge is 0.507 e. The average molecular weight is 292 g/mol. The molecule has 1 atom stereocenters. The number of halogens is 1. The number of phenols is 1. The summed E-state index contributed by atoms with van der Waals surface area (Å²) in [6.45, 7) is 1.93. The Balaban J connectivity index is 2.59. The van der Waals surface area contributed by atoms with Crippen LogP contribution in [0.25, 0.3) is 11.1 Å². The Morgan fingerprint density at radius 2 is 1.82 bits per heavy atom. The van der Waals surface area contributed by atoms with Crippen molar-refractivity contribution in [1.29, 1.82) is 0 Å². The molecule has 0 aromatic heterocycles. The topological polar surface area (TPSA) is 46.2 Å². The molecule has 0 heterocycles. The van der Waals surface area contributed by atoms with Crippen molar-refractivity contribution >= 4 is 15.9 Å². The minimum absolute atomic E-state index is 0.0446. The molecule has 0 amide bonds. The second kappa shape index (κ2) is 4.90. The molecule has 2 aromatic carbocycles. The van der Waals surface area contributed by atoms with Gasteiger partial charge in [-0.3, -0.25) is 0 Å². The predicted octanol–water partition coefficient (Wildman–Crippen LogP) is 3.84. The summed E-state index contributed by atoms with van der Waals surface area (Å²) >= 11 is 3.49. The van der Waals surface area contributed by atoms with E-state index < -0.39 is 0 Å². The van der Waals surface area contributed by atoms with Crippen molar-refractivity contribution in [2.24, 2.45) is 5.73 Å². The van der Waals surface area contributed by atoms with Crippen LogP contribution in [0.1, 0.15) is 18.5 Å². The molecule has 2 nitrogen and oxygen atoms in total. The van der Waals surface area contributed by atoms with Crippen molar-refractivity contribution in [3.63, 3.8) is 0 Å². The minimum Gasteiger partial charge on any atom is -0.507 e.